The molecule has 2 N–H and O–H groups in total. The minimum Gasteiger partial charge on any atom is -0.358 e. The van der Waals surface area contributed by atoms with Crippen molar-refractivity contribution in [3.8, 4) is 0 Å². The Morgan fingerprint density at radius 2 is 1.77 bits per heavy atom. The zero-order chi connectivity index (χ0) is 18.4. The number of nitrogens with one attached hydrogen (secondary N) is 2. The van der Waals surface area contributed by atoms with Gasteiger partial charge >= 0.3 is 0 Å². The molecule has 6 heteroatoms. The summed E-state index contributed by atoms with van der Waals surface area (Å²) in [6.45, 7) is 2.76. The Hall–Kier alpha value is -2.08. The third-order valence-electron chi connectivity index (χ3n) is 3.60. The van der Waals surface area contributed by atoms with Gasteiger partial charge in [0.15, 0.2) is 5.11 Å². The molecule has 0 spiro atoms. The van der Waals surface area contributed by atoms with Crippen molar-refractivity contribution in [2.75, 3.05) is 5.32 Å². The largest absolute Gasteiger partial charge is 0.358 e. The Balaban J connectivity index is 1.50. The summed E-state index contributed by atoms with van der Waals surface area (Å²) in [6.07, 6.45) is 1.78. The molecule has 1 heterocycles. The van der Waals surface area contributed by atoms with Crippen LogP contribution in [0.5, 0.6) is 0 Å². The molecule has 0 aliphatic carbocycles. The van der Waals surface area contributed by atoms with Gasteiger partial charge in [-0.3, -0.25) is 0 Å². The van der Waals surface area contributed by atoms with Crippen LogP contribution in [0.3, 0.4) is 0 Å². The van der Waals surface area contributed by atoms with Crippen molar-refractivity contribution in [1.82, 2.24) is 10.3 Å². The van der Waals surface area contributed by atoms with Crippen molar-refractivity contribution in [3.05, 3.63) is 83.0 Å². The molecule has 0 bridgehead atoms. The topological polar surface area (TPSA) is 37.0 Å². The predicted molar refractivity (Wildman–Crippen MR) is 114 cm³/mol. The zero-order valence-corrected chi connectivity index (χ0v) is 16.6. The number of pyridine rings is 1. The van der Waals surface area contributed by atoms with Crippen LogP contribution >= 0.6 is 35.6 Å². The molecule has 0 fully saturated rings. The van der Waals surface area contributed by atoms with Gasteiger partial charge in [-0.05, 0) is 61.1 Å². The van der Waals surface area contributed by atoms with Gasteiger partial charge in [0.2, 0.25) is 0 Å². The van der Waals surface area contributed by atoms with Crippen LogP contribution in [-0.2, 0) is 6.54 Å². The normalized spacial score (nSPS) is 10.4. The Labute approximate surface area is 168 Å². The lowest BCUT2D eigenvalue weighted by Crippen LogP contribution is -2.27. The number of hydrogen-bond donors (Lipinski definition) is 2. The lowest BCUT2D eigenvalue weighted by atomic mass is 10.1. The van der Waals surface area contributed by atoms with Gasteiger partial charge in [0.1, 0.15) is 5.03 Å². The number of thiocarbonyl (C=S) groups is 1. The molecule has 0 unspecified atom stereocenters. The average molecular weight is 400 g/mol. The van der Waals surface area contributed by atoms with Gasteiger partial charge < -0.3 is 10.6 Å². The first-order valence-electron chi connectivity index (χ1n) is 8.08. The first kappa shape index (κ1) is 18.7. The molecule has 3 aromatic rings. The van der Waals surface area contributed by atoms with Crippen LogP contribution in [0.1, 0.15) is 11.1 Å². The van der Waals surface area contributed by atoms with Crippen LogP contribution in [0.25, 0.3) is 0 Å². The van der Waals surface area contributed by atoms with E-state index in [1.807, 2.05) is 36.4 Å². The molecule has 0 saturated carbocycles. The van der Waals surface area contributed by atoms with E-state index in [0.717, 1.165) is 20.6 Å². The molecule has 0 atom stereocenters. The SMILES string of the molecule is Cc1ccc(CNC(=S)Nc2ccc(Sc3ccc(Cl)cc3)nc2)cc1. The van der Waals surface area contributed by atoms with E-state index in [1.54, 1.807) is 18.0 Å². The molecule has 132 valence electrons. The maximum atomic E-state index is 5.90. The third kappa shape index (κ3) is 5.73. The second kappa shape index (κ2) is 9.03. The summed E-state index contributed by atoms with van der Waals surface area (Å²) in [5.74, 6) is 0. The van der Waals surface area contributed by atoms with Crippen LogP contribution in [0.2, 0.25) is 5.02 Å². The zero-order valence-electron chi connectivity index (χ0n) is 14.2. The molecule has 0 amide bonds. The van der Waals surface area contributed by atoms with Crippen molar-refractivity contribution in [1.29, 1.82) is 0 Å². The minimum atomic E-state index is 0.575. The van der Waals surface area contributed by atoms with Crippen molar-refractivity contribution in [3.63, 3.8) is 0 Å². The highest BCUT2D eigenvalue weighted by molar-refractivity contribution is 7.99. The highest BCUT2D eigenvalue weighted by atomic mass is 35.5. The molecular weight excluding hydrogens is 382 g/mol. The van der Waals surface area contributed by atoms with E-state index in [9.17, 15) is 0 Å². The maximum absolute atomic E-state index is 5.90. The predicted octanol–water partition coefficient (Wildman–Crippen LogP) is 5.68. The van der Waals surface area contributed by atoms with E-state index >= 15 is 0 Å². The van der Waals surface area contributed by atoms with Crippen molar-refractivity contribution in [2.24, 2.45) is 0 Å². The fraction of sp³-hybridized carbons (Fsp3) is 0.100. The summed E-state index contributed by atoms with van der Waals surface area (Å²) in [7, 11) is 0. The fourth-order valence-electron chi connectivity index (χ4n) is 2.20. The van der Waals surface area contributed by atoms with Crippen LogP contribution in [0.4, 0.5) is 5.69 Å². The molecule has 26 heavy (non-hydrogen) atoms. The van der Waals surface area contributed by atoms with Gasteiger partial charge in [-0.25, -0.2) is 4.98 Å². The van der Waals surface area contributed by atoms with Crippen LogP contribution in [0.15, 0.2) is 76.8 Å². The first-order chi connectivity index (χ1) is 12.6. The molecule has 0 aliphatic heterocycles. The Morgan fingerprint density at radius 3 is 2.42 bits per heavy atom. The second-order valence-electron chi connectivity index (χ2n) is 5.73. The Morgan fingerprint density at radius 1 is 1.04 bits per heavy atom. The smallest absolute Gasteiger partial charge is 0.171 e. The molecule has 3 nitrogen and oxygen atoms in total. The van der Waals surface area contributed by atoms with Gasteiger partial charge in [-0.1, -0.05) is 53.2 Å². The summed E-state index contributed by atoms with van der Waals surface area (Å²) in [5, 5.41) is 8.57. The van der Waals surface area contributed by atoms with Gasteiger partial charge in [-0.2, -0.15) is 0 Å². The minimum absolute atomic E-state index is 0.575. The Bertz CT molecular complexity index is 863. The quantitative estimate of drug-likeness (QED) is 0.539. The summed E-state index contributed by atoms with van der Waals surface area (Å²) in [6, 6.07) is 20.0. The number of benzene rings is 2. The second-order valence-corrected chi connectivity index (χ2v) is 7.67. The molecule has 0 aliphatic rings. The number of aryl methyl sites for hydroxylation is 1. The van der Waals surface area contributed by atoms with Gasteiger partial charge in [0.25, 0.3) is 0 Å². The van der Waals surface area contributed by atoms with Crippen LogP contribution in [0, 0.1) is 6.92 Å². The highest BCUT2D eigenvalue weighted by Crippen LogP contribution is 2.27. The van der Waals surface area contributed by atoms with Crippen molar-refractivity contribution < 1.29 is 0 Å². The summed E-state index contributed by atoms with van der Waals surface area (Å²) < 4.78 is 0. The number of halogens is 1. The summed E-state index contributed by atoms with van der Waals surface area (Å²) in [5.41, 5.74) is 3.29. The van der Waals surface area contributed by atoms with Gasteiger partial charge in [-0.15, -0.1) is 0 Å². The van der Waals surface area contributed by atoms with E-state index in [-0.39, 0.29) is 0 Å². The first-order valence-corrected chi connectivity index (χ1v) is 9.69. The lowest BCUT2D eigenvalue weighted by molar-refractivity contribution is 0.924. The van der Waals surface area contributed by atoms with E-state index < -0.39 is 0 Å². The van der Waals surface area contributed by atoms with Crippen molar-refractivity contribution >= 4 is 46.4 Å². The lowest BCUT2D eigenvalue weighted by Gasteiger charge is -2.11. The highest BCUT2D eigenvalue weighted by Gasteiger charge is 2.02. The van der Waals surface area contributed by atoms with E-state index in [4.69, 9.17) is 23.8 Å². The van der Waals surface area contributed by atoms with Gasteiger partial charge in [0, 0.05) is 16.5 Å². The molecular formula is C20H18ClN3S2. The summed E-state index contributed by atoms with van der Waals surface area (Å²) >= 11 is 12.8. The molecule has 0 saturated heterocycles. The molecule has 0 radical (unpaired) electrons. The van der Waals surface area contributed by atoms with E-state index in [2.05, 4.69) is 46.8 Å². The summed E-state index contributed by atoms with van der Waals surface area (Å²) in [4.78, 5) is 5.55. The van der Waals surface area contributed by atoms with Gasteiger partial charge in [0.05, 0.1) is 11.9 Å². The van der Waals surface area contributed by atoms with Crippen LogP contribution < -0.4 is 10.6 Å². The number of hydrogen-bond acceptors (Lipinski definition) is 3. The van der Waals surface area contributed by atoms with E-state index in [0.29, 0.717) is 11.7 Å². The molecule has 1 aromatic heterocycles. The molecule has 3 rings (SSSR count). The van der Waals surface area contributed by atoms with Crippen LogP contribution in [-0.4, -0.2) is 10.1 Å². The standard InChI is InChI=1S/C20H18ClN3S2/c1-14-2-4-15(5-3-14)12-23-20(25)24-17-8-11-19(22-13-17)26-18-9-6-16(21)7-10-18/h2-11,13H,12H2,1H3,(H2,23,24,25). The monoisotopic (exact) mass is 399 g/mol. The maximum Gasteiger partial charge on any atom is 0.171 e. The third-order valence-corrected chi connectivity index (χ3v) is 5.06. The van der Waals surface area contributed by atoms with E-state index in [1.165, 1.54) is 11.1 Å². The number of aromatic nitrogens is 1. The number of anilines is 1. The average Bonchev–Trinajstić information content (AvgIpc) is 2.65. The number of rotatable bonds is 5. The Kier molecular flexibility index (Phi) is 6.50. The number of nitrogens with zero attached hydrogens (tertiary/aromatic N) is 1. The molecule has 2 aromatic carbocycles. The fourth-order valence-corrected chi connectivity index (χ4v) is 3.27. The van der Waals surface area contributed by atoms with Crippen molar-refractivity contribution in [2.45, 2.75) is 23.4 Å².